The van der Waals surface area contributed by atoms with Crippen LogP contribution in [0, 0.1) is 5.82 Å². The number of likely N-dealkylation sites (tertiary alicyclic amines) is 1. The number of carbonyl (C=O) groups excluding carboxylic acids is 1. The first kappa shape index (κ1) is 17.7. The average molecular weight is 365 g/mol. The van der Waals surface area contributed by atoms with Crippen molar-refractivity contribution >= 4 is 16.8 Å². The molecule has 0 bridgehead atoms. The number of benzene rings is 2. The fourth-order valence-electron chi connectivity index (χ4n) is 3.98. The van der Waals surface area contributed by atoms with E-state index in [9.17, 15) is 9.18 Å². The van der Waals surface area contributed by atoms with Crippen LogP contribution < -0.4 is 5.32 Å². The van der Waals surface area contributed by atoms with E-state index in [2.05, 4.69) is 10.2 Å². The van der Waals surface area contributed by atoms with Crippen LogP contribution in [0.2, 0.25) is 0 Å². The van der Waals surface area contributed by atoms with Crippen LogP contribution in [0.1, 0.15) is 34.8 Å². The highest BCUT2D eigenvalue weighted by Crippen LogP contribution is 2.25. The van der Waals surface area contributed by atoms with Crippen LogP contribution in [0.4, 0.5) is 4.39 Å². The molecule has 0 unspecified atom stereocenters. The Morgan fingerprint density at radius 3 is 2.59 bits per heavy atom. The summed E-state index contributed by atoms with van der Waals surface area (Å²) in [6, 6.07) is 14.4. The number of carbonyl (C=O) groups is 1. The van der Waals surface area contributed by atoms with Gasteiger partial charge in [0.1, 0.15) is 5.82 Å². The molecule has 5 heteroatoms. The van der Waals surface area contributed by atoms with Gasteiger partial charge < -0.3 is 9.88 Å². The lowest BCUT2D eigenvalue weighted by atomic mass is 10.0. The summed E-state index contributed by atoms with van der Waals surface area (Å²) in [5.74, 6) is -0.308. The van der Waals surface area contributed by atoms with Gasteiger partial charge in [-0.3, -0.25) is 9.69 Å². The second-order valence-electron chi connectivity index (χ2n) is 7.19. The van der Waals surface area contributed by atoms with Crippen molar-refractivity contribution in [1.29, 1.82) is 0 Å². The van der Waals surface area contributed by atoms with Gasteiger partial charge in [0.15, 0.2) is 0 Å². The Morgan fingerprint density at radius 2 is 1.85 bits per heavy atom. The molecule has 1 fully saturated rings. The van der Waals surface area contributed by atoms with Crippen molar-refractivity contribution in [1.82, 2.24) is 14.8 Å². The van der Waals surface area contributed by atoms with E-state index in [4.69, 9.17) is 0 Å². The maximum Gasteiger partial charge on any atom is 0.252 e. The van der Waals surface area contributed by atoms with E-state index in [1.807, 2.05) is 54.2 Å². The van der Waals surface area contributed by atoms with E-state index in [1.54, 1.807) is 0 Å². The van der Waals surface area contributed by atoms with Crippen LogP contribution in [0.25, 0.3) is 10.9 Å². The van der Waals surface area contributed by atoms with Crippen LogP contribution in [0.3, 0.4) is 0 Å². The Kier molecular flexibility index (Phi) is 4.94. The number of hydrogen-bond acceptors (Lipinski definition) is 2. The van der Waals surface area contributed by atoms with Crippen molar-refractivity contribution in [3.05, 3.63) is 71.7 Å². The molecule has 4 rings (SSSR count). The Hall–Kier alpha value is -2.66. The first-order chi connectivity index (χ1) is 13.1. The predicted molar refractivity (Wildman–Crippen MR) is 105 cm³/mol. The second kappa shape index (κ2) is 7.53. The van der Waals surface area contributed by atoms with Crippen molar-refractivity contribution in [3.8, 4) is 0 Å². The fraction of sp³-hybridized carbons (Fsp3) is 0.318. The molecule has 0 radical (unpaired) electrons. The molecular weight excluding hydrogens is 341 g/mol. The summed E-state index contributed by atoms with van der Waals surface area (Å²) >= 11 is 0. The van der Waals surface area contributed by atoms with Gasteiger partial charge in [0, 0.05) is 36.3 Å². The lowest BCUT2D eigenvalue weighted by Crippen LogP contribution is -2.36. The first-order valence-electron chi connectivity index (χ1n) is 9.45. The Morgan fingerprint density at radius 1 is 1.11 bits per heavy atom. The van der Waals surface area contributed by atoms with Crippen LogP contribution in [-0.4, -0.2) is 35.0 Å². The molecular formula is C22H24FN3O. The zero-order valence-electron chi connectivity index (χ0n) is 15.5. The van der Waals surface area contributed by atoms with E-state index in [0.29, 0.717) is 12.1 Å². The van der Waals surface area contributed by atoms with Gasteiger partial charge in [-0.05, 0) is 61.8 Å². The lowest BCUT2D eigenvalue weighted by molar-refractivity contribution is 0.0939. The summed E-state index contributed by atoms with van der Waals surface area (Å²) in [7, 11) is 1.97. The SMILES string of the molecule is Cn1ccc2c(C(=O)NC[C@@H](c3ccc(F)cc3)N3CCCC3)cccc21. The van der Waals surface area contributed by atoms with Gasteiger partial charge in [-0.2, -0.15) is 0 Å². The molecule has 1 aliphatic rings. The van der Waals surface area contributed by atoms with E-state index < -0.39 is 0 Å². The van der Waals surface area contributed by atoms with Crippen LogP contribution in [-0.2, 0) is 7.05 Å². The molecule has 140 valence electrons. The normalized spacial score (nSPS) is 15.9. The summed E-state index contributed by atoms with van der Waals surface area (Å²) in [5.41, 5.74) is 2.76. The summed E-state index contributed by atoms with van der Waals surface area (Å²) in [6.45, 7) is 2.52. The molecule has 1 atom stereocenters. The molecule has 0 aliphatic carbocycles. The summed E-state index contributed by atoms with van der Waals surface area (Å²) < 4.78 is 15.3. The molecule has 27 heavy (non-hydrogen) atoms. The molecule has 3 aromatic rings. The second-order valence-corrected chi connectivity index (χ2v) is 7.19. The number of amides is 1. The van der Waals surface area contributed by atoms with Gasteiger partial charge in [0.25, 0.3) is 5.91 Å². The van der Waals surface area contributed by atoms with Gasteiger partial charge in [0.05, 0.1) is 6.04 Å². The Labute approximate surface area is 158 Å². The molecule has 1 aliphatic heterocycles. The van der Waals surface area contributed by atoms with E-state index in [1.165, 1.54) is 12.1 Å². The molecule has 0 saturated carbocycles. The first-order valence-corrected chi connectivity index (χ1v) is 9.45. The fourth-order valence-corrected chi connectivity index (χ4v) is 3.98. The highest BCUT2D eigenvalue weighted by molar-refractivity contribution is 6.06. The van der Waals surface area contributed by atoms with Crippen molar-refractivity contribution in [2.75, 3.05) is 19.6 Å². The van der Waals surface area contributed by atoms with Crippen LogP contribution in [0.15, 0.2) is 54.7 Å². The number of hydrogen-bond donors (Lipinski definition) is 1. The van der Waals surface area contributed by atoms with E-state index in [0.717, 1.165) is 42.4 Å². The topological polar surface area (TPSA) is 37.3 Å². The number of aromatic nitrogens is 1. The number of nitrogens with zero attached hydrogens (tertiary/aromatic N) is 2. The van der Waals surface area contributed by atoms with Gasteiger partial charge in [-0.25, -0.2) is 4.39 Å². The third kappa shape index (κ3) is 3.60. The van der Waals surface area contributed by atoms with Gasteiger partial charge in [-0.1, -0.05) is 18.2 Å². The molecule has 0 spiro atoms. The zero-order valence-corrected chi connectivity index (χ0v) is 15.5. The number of nitrogens with one attached hydrogen (secondary N) is 1. The van der Waals surface area contributed by atoms with Crippen molar-refractivity contribution < 1.29 is 9.18 Å². The molecule has 1 aromatic heterocycles. The minimum atomic E-state index is -0.237. The van der Waals surface area contributed by atoms with Gasteiger partial charge in [0.2, 0.25) is 0 Å². The minimum Gasteiger partial charge on any atom is -0.351 e. The highest BCUT2D eigenvalue weighted by Gasteiger charge is 2.24. The van der Waals surface area contributed by atoms with Crippen molar-refractivity contribution in [2.24, 2.45) is 7.05 Å². The van der Waals surface area contributed by atoms with Gasteiger partial charge in [-0.15, -0.1) is 0 Å². The summed E-state index contributed by atoms with van der Waals surface area (Å²) in [6.07, 6.45) is 4.29. The molecule has 1 N–H and O–H groups in total. The maximum absolute atomic E-state index is 13.3. The predicted octanol–water partition coefficient (Wildman–Crippen LogP) is 3.88. The Bertz CT molecular complexity index is 942. The zero-order chi connectivity index (χ0) is 18.8. The average Bonchev–Trinajstić information content (AvgIpc) is 3.34. The largest absolute Gasteiger partial charge is 0.351 e. The smallest absolute Gasteiger partial charge is 0.252 e. The third-order valence-corrected chi connectivity index (χ3v) is 5.46. The molecule has 1 amide bonds. The number of aryl methyl sites for hydroxylation is 1. The lowest BCUT2D eigenvalue weighted by Gasteiger charge is -2.28. The highest BCUT2D eigenvalue weighted by atomic mass is 19.1. The monoisotopic (exact) mass is 365 g/mol. The molecule has 2 aromatic carbocycles. The number of halogens is 1. The van der Waals surface area contributed by atoms with Crippen LogP contribution in [0.5, 0.6) is 0 Å². The molecule has 4 nitrogen and oxygen atoms in total. The molecule has 1 saturated heterocycles. The summed E-state index contributed by atoms with van der Waals surface area (Å²) in [4.78, 5) is 15.2. The number of fused-ring (bicyclic) bond motifs is 1. The third-order valence-electron chi connectivity index (χ3n) is 5.46. The van der Waals surface area contributed by atoms with Crippen molar-refractivity contribution in [2.45, 2.75) is 18.9 Å². The van der Waals surface area contributed by atoms with Crippen LogP contribution >= 0.6 is 0 Å². The maximum atomic E-state index is 13.3. The number of rotatable bonds is 5. The Balaban J connectivity index is 1.54. The minimum absolute atomic E-state index is 0.0621. The quantitative estimate of drug-likeness (QED) is 0.745. The molecule has 2 heterocycles. The van der Waals surface area contributed by atoms with E-state index in [-0.39, 0.29) is 17.8 Å². The van der Waals surface area contributed by atoms with Crippen molar-refractivity contribution in [3.63, 3.8) is 0 Å². The summed E-state index contributed by atoms with van der Waals surface area (Å²) in [5, 5.41) is 4.06. The standard InChI is InChI=1S/C22H24FN3O/c1-25-14-11-18-19(5-4-6-20(18)25)22(27)24-15-21(26-12-2-3-13-26)16-7-9-17(23)10-8-16/h4-11,14,21H,2-3,12-13,15H2,1H3,(H,24,27)/t21-/m0/s1. The van der Waals surface area contributed by atoms with Gasteiger partial charge >= 0.3 is 0 Å². The van der Waals surface area contributed by atoms with E-state index >= 15 is 0 Å².